The molecule has 1 aromatic heterocycles. The van der Waals surface area contributed by atoms with E-state index >= 15 is 0 Å². The minimum Gasteiger partial charge on any atom is -0.375 e. The molecule has 1 aliphatic carbocycles. The van der Waals surface area contributed by atoms with Crippen LogP contribution < -0.4 is 10.6 Å². The van der Waals surface area contributed by atoms with Gasteiger partial charge in [0.2, 0.25) is 5.91 Å². The molecule has 0 fully saturated rings. The minimum atomic E-state index is -0.141. The van der Waals surface area contributed by atoms with Gasteiger partial charge in [-0.25, -0.2) is 4.98 Å². The molecular weight excluding hydrogens is 368 g/mol. The Kier molecular flexibility index (Phi) is 7.86. The average Bonchev–Trinajstić information content (AvgIpc) is 3.07. The Morgan fingerprint density at radius 2 is 1.71 bits per heavy atom. The average molecular weight is 397 g/mol. The van der Waals surface area contributed by atoms with Gasteiger partial charge in [0, 0.05) is 4.88 Å². The number of anilines is 2. The van der Waals surface area contributed by atoms with E-state index in [1.165, 1.54) is 61.9 Å². The van der Waals surface area contributed by atoms with Gasteiger partial charge >= 0.3 is 0 Å². The summed E-state index contributed by atoms with van der Waals surface area (Å²) in [5.41, 5.74) is 2.38. The van der Waals surface area contributed by atoms with Gasteiger partial charge in [-0.3, -0.25) is 4.79 Å². The lowest BCUT2D eigenvalue weighted by molar-refractivity contribution is -0.114. The fraction of sp³-hybridized carbons (Fsp3) is 0.500. The van der Waals surface area contributed by atoms with E-state index in [2.05, 4.69) is 16.7 Å². The lowest BCUT2D eigenvalue weighted by atomic mass is 10.0. The van der Waals surface area contributed by atoms with Crippen LogP contribution in [0.25, 0.3) is 0 Å². The number of carbonyl (C=O) groups is 1. The van der Waals surface area contributed by atoms with Gasteiger partial charge < -0.3 is 10.6 Å². The number of fused-ring (bicyclic) bond motifs is 1. The lowest BCUT2D eigenvalue weighted by Gasteiger charge is -2.07. The summed E-state index contributed by atoms with van der Waals surface area (Å²) >= 11 is 1.62. The number of benzene rings is 1. The first kappa shape index (κ1) is 20.3. The van der Waals surface area contributed by atoms with Crippen molar-refractivity contribution in [2.24, 2.45) is 0 Å². The first-order valence-electron chi connectivity index (χ1n) is 10.3. The van der Waals surface area contributed by atoms with E-state index in [1.807, 2.05) is 12.1 Å². The Labute approximate surface area is 171 Å². The van der Waals surface area contributed by atoms with Gasteiger partial charge in [0.05, 0.1) is 23.5 Å². The van der Waals surface area contributed by atoms with Crippen molar-refractivity contribution in [1.82, 2.24) is 4.98 Å². The van der Waals surface area contributed by atoms with Crippen LogP contribution in [0.2, 0.25) is 0 Å². The zero-order valence-electron chi connectivity index (χ0n) is 16.3. The maximum atomic E-state index is 12.3. The van der Waals surface area contributed by atoms with Crippen LogP contribution in [0.15, 0.2) is 24.3 Å². The quantitative estimate of drug-likeness (QED) is 0.736. The molecule has 5 nitrogen and oxygen atoms in total. The molecule has 0 radical (unpaired) electrons. The van der Waals surface area contributed by atoms with E-state index < -0.39 is 0 Å². The number of rotatable bonds is 4. The van der Waals surface area contributed by atoms with E-state index in [0.29, 0.717) is 16.4 Å². The number of para-hydroxylation sites is 1. The Morgan fingerprint density at radius 1 is 1.04 bits per heavy atom. The Hall–Kier alpha value is -2.39. The van der Waals surface area contributed by atoms with Crippen LogP contribution in [0.3, 0.4) is 0 Å². The molecule has 0 aliphatic heterocycles. The number of nitrogens with zero attached hydrogens (tertiary/aromatic N) is 2. The number of nitrogens with one attached hydrogen (secondary N) is 2. The van der Waals surface area contributed by atoms with Crippen molar-refractivity contribution >= 4 is 28.1 Å². The number of thiazole rings is 1. The van der Waals surface area contributed by atoms with E-state index in [-0.39, 0.29) is 12.5 Å². The van der Waals surface area contributed by atoms with Crippen LogP contribution in [-0.2, 0) is 17.6 Å². The van der Waals surface area contributed by atoms with Crippen molar-refractivity contribution in [2.75, 3.05) is 17.2 Å². The predicted molar refractivity (Wildman–Crippen MR) is 115 cm³/mol. The third-order valence-electron chi connectivity index (χ3n) is 5.08. The number of nitriles is 1. The van der Waals surface area contributed by atoms with Crippen LogP contribution in [0, 0.1) is 11.3 Å². The third kappa shape index (κ3) is 6.07. The van der Waals surface area contributed by atoms with Gasteiger partial charge in [-0.15, -0.1) is 11.3 Å². The Bertz CT molecular complexity index is 795. The molecule has 0 saturated carbocycles. The smallest absolute Gasteiger partial charge is 0.245 e. The fourth-order valence-corrected chi connectivity index (χ4v) is 4.61. The summed E-state index contributed by atoms with van der Waals surface area (Å²) in [4.78, 5) is 18.4. The van der Waals surface area contributed by atoms with Gasteiger partial charge in [-0.2, -0.15) is 5.26 Å². The second kappa shape index (κ2) is 10.8. The SMILES string of the molecule is N#Cc1ccccc1NCC(=O)Nc1nc2c(s1)CCCCCCCCCC2. The van der Waals surface area contributed by atoms with Crippen molar-refractivity contribution in [3.05, 3.63) is 40.4 Å². The molecule has 0 saturated heterocycles. The summed E-state index contributed by atoms with van der Waals surface area (Å²) in [5, 5.41) is 15.8. The Balaban J connectivity index is 1.58. The van der Waals surface area contributed by atoms with E-state index in [4.69, 9.17) is 10.2 Å². The monoisotopic (exact) mass is 396 g/mol. The summed E-state index contributed by atoms with van der Waals surface area (Å²) in [6, 6.07) is 9.32. The zero-order valence-corrected chi connectivity index (χ0v) is 17.1. The van der Waals surface area contributed by atoms with Crippen molar-refractivity contribution < 1.29 is 4.79 Å². The van der Waals surface area contributed by atoms with Gasteiger partial charge in [0.1, 0.15) is 6.07 Å². The van der Waals surface area contributed by atoms with Crippen LogP contribution >= 0.6 is 11.3 Å². The van der Waals surface area contributed by atoms with Crippen molar-refractivity contribution in [2.45, 2.75) is 64.2 Å². The number of amides is 1. The molecule has 1 amide bonds. The molecule has 0 atom stereocenters. The van der Waals surface area contributed by atoms with Crippen molar-refractivity contribution in [3.8, 4) is 6.07 Å². The molecule has 2 aromatic rings. The molecule has 1 aromatic carbocycles. The molecule has 3 rings (SSSR count). The van der Waals surface area contributed by atoms with Crippen molar-refractivity contribution in [1.29, 1.82) is 5.26 Å². The van der Waals surface area contributed by atoms with Crippen LogP contribution in [0.1, 0.15) is 67.5 Å². The highest BCUT2D eigenvalue weighted by Gasteiger charge is 2.14. The second-order valence-electron chi connectivity index (χ2n) is 7.28. The summed E-state index contributed by atoms with van der Waals surface area (Å²) in [5.74, 6) is -0.141. The molecule has 6 heteroatoms. The highest BCUT2D eigenvalue weighted by atomic mass is 32.1. The van der Waals surface area contributed by atoms with Gasteiger partial charge in [0.25, 0.3) is 0 Å². The molecular formula is C22H28N4OS. The summed E-state index contributed by atoms with van der Waals surface area (Å²) < 4.78 is 0. The summed E-state index contributed by atoms with van der Waals surface area (Å²) in [7, 11) is 0. The minimum absolute atomic E-state index is 0.114. The van der Waals surface area contributed by atoms with E-state index in [0.717, 1.165) is 12.8 Å². The highest BCUT2D eigenvalue weighted by molar-refractivity contribution is 7.15. The highest BCUT2D eigenvalue weighted by Crippen LogP contribution is 2.27. The molecule has 2 N–H and O–H groups in total. The molecule has 28 heavy (non-hydrogen) atoms. The Morgan fingerprint density at radius 3 is 2.46 bits per heavy atom. The van der Waals surface area contributed by atoms with Gasteiger partial charge in [-0.1, -0.05) is 50.7 Å². The number of hydrogen-bond acceptors (Lipinski definition) is 5. The van der Waals surface area contributed by atoms with Gasteiger partial charge in [0.15, 0.2) is 5.13 Å². The number of carbonyl (C=O) groups excluding carboxylic acids is 1. The largest absolute Gasteiger partial charge is 0.375 e. The first-order valence-corrected chi connectivity index (χ1v) is 11.1. The van der Waals surface area contributed by atoms with Gasteiger partial charge in [-0.05, 0) is 37.8 Å². The molecule has 148 valence electrons. The maximum absolute atomic E-state index is 12.3. The summed E-state index contributed by atoms with van der Waals surface area (Å²) in [6.07, 6.45) is 12.4. The number of aryl methyl sites for hydroxylation is 2. The number of aromatic nitrogens is 1. The predicted octanol–water partition coefficient (Wildman–Crippen LogP) is 5.28. The van der Waals surface area contributed by atoms with Crippen molar-refractivity contribution in [3.63, 3.8) is 0 Å². The van der Waals surface area contributed by atoms with Crippen LogP contribution in [0.4, 0.5) is 10.8 Å². The van der Waals surface area contributed by atoms with Crippen LogP contribution in [-0.4, -0.2) is 17.4 Å². The molecule has 1 heterocycles. The van der Waals surface area contributed by atoms with E-state index in [1.54, 1.807) is 23.5 Å². The third-order valence-corrected chi connectivity index (χ3v) is 6.15. The molecule has 0 bridgehead atoms. The molecule has 0 unspecified atom stereocenters. The molecule has 1 aliphatic rings. The number of hydrogen-bond donors (Lipinski definition) is 2. The van der Waals surface area contributed by atoms with Crippen LogP contribution in [0.5, 0.6) is 0 Å². The lowest BCUT2D eigenvalue weighted by Crippen LogP contribution is -2.22. The molecule has 0 spiro atoms. The normalized spacial score (nSPS) is 15.4. The standard InChI is InChI=1S/C22H28N4OS/c23-15-17-11-9-10-12-18(17)24-16-21(27)26-22-25-19-13-7-5-3-1-2-4-6-8-14-20(19)28-22/h9-12,24H,1-8,13-14,16H2,(H,25,26,27). The maximum Gasteiger partial charge on any atom is 0.245 e. The zero-order chi connectivity index (χ0) is 19.6. The topological polar surface area (TPSA) is 77.8 Å². The van der Waals surface area contributed by atoms with E-state index in [9.17, 15) is 4.79 Å². The second-order valence-corrected chi connectivity index (χ2v) is 8.36. The fourth-order valence-electron chi connectivity index (χ4n) is 3.54. The first-order chi connectivity index (χ1) is 13.8. The summed E-state index contributed by atoms with van der Waals surface area (Å²) in [6.45, 7) is 0.114.